The van der Waals surface area contributed by atoms with Crippen molar-refractivity contribution in [3.8, 4) is 0 Å². The van der Waals surface area contributed by atoms with Gasteiger partial charge in [0.2, 0.25) is 0 Å². The van der Waals surface area contributed by atoms with Crippen LogP contribution in [0.4, 0.5) is 11.4 Å². The average Bonchev–Trinajstić information content (AvgIpc) is 2.56. The van der Waals surface area contributed by atoms with Gasteiger partial charge in [-0.25, -0.2) is 4.79 Å². The summed E-state index contributed by atoms with van der Waals surface area (Å²) in [6, 6.07) is 14.8. The minimum absolute atomic E-state index is 0.330. The predicted octanol–water partition coefficient (Wildman–Crippen LogP) is 3.49. The summed E-state index contributed by atoms with van der Waals surface area (Å²) in [6.45, 7) is 4.14. The fourth-order valence-corrected chi connectivity index (χ4v) is 2.06. The number of hydrogen-bond donors (Lipinski definition) is 3. The van der Waals surface area contributed by atoms with Crippen LogP contribution in [0.25, 0.3) is 0 Å². The van der Waals surface area contributed by atoms with E-state index in [1.807, 2.05) is 31.2 Å². The van der Waals surface area contributed by atoms with Crippen molar-refractivity contribution in [1.82, 2.24) is 5.43 Å². The topological polar surface area (TPSA) is 62.4 Å². The van der Waals surface area contributed by atoms with E-state index in [4.69, 9.17) is 17.0 Å². The van der Waals surface area contributed by atoms with Crippen molar-refractivity contribution >= 4 is 34.7 Å². The van der Waals surface area contributed by atoms with Gasteiger partial charge in [-0.15, -0.1) is 0 Å². The third-order valence-electron chi connectivity index (χ3n) is 3.11. The Morgan fingerprint density at radius 2 is 1.83 bits per heavy atom. The number of anilines is 2. The lowest BCUT2D eigenvalue weighted by atomic mass is 10.2. The number of benzene rings is 2. The van der Waals surface area contributed by atoms with Gasteiger partial charge in [0.1, 0.15) is 0 Å². The van der Waals surface area contributed by atoms with Crippen LogP contribution in [0.1, 0.15) is 22.8 Å². The molecule has 0 saturated carbocycles. The van der Waals surface area contributed by atoms with Crippen LogP contribution in [0, 0.1) is 6.92 Å². The minimum Gasteiger partial charge on any atom is -0.462 e. The molecule has 6 heteroatoms. The number of esters is 1. The number of carbonyl (C=O) groups excluding carboxylic acids is 1. The molecule has 0 unspecified atom stereocenters. The van der Waals surface area contributed by atoms with E-state index >= 15 is 0 Å². The van der Waals surface area contributed by atoms with E-state index in [1.54, 1.807) is 31.2 Å². The molecule has 0 saturated heterocycles. The van der Waals surface area contributed by atoms with Crippen molar-refractivity contribution in [3.05, 3.63) is 59.7 Å². The van der Waals surface area contributed by atoms with Crippen molar-refractivity contribution in [1.29, 1.82) is 0 Å². The maximum atomic E-state index is 11.6. The molecule has 0 bridgehead atoms. The highest BCUT2D eigenvalue weighted by atomic mass is 32.1. The number of aryl methyl sites for hydroxylation is 1. The van der Waals surface area contributed by atoms with E-state index in [2.05, 4.69) is 16.2 Å². The number of nitrogens with one attached hydrogen (secondary N) is 3. The molecule has 0 amide bonds. The number of carbonyl (C=O) groups is 1. The molecular formula is C17H19N3O2S. The molecule has 2 rings (SSSR count). The molecule has 0 atom stereocenters. The van der Waals surface area contributed by atoms with Gasteiger partial charge in [0.25, 0.3) is 0 Å². The van der Waals surface area contributed by atoms with Gasteiger partial charge in [-0.1, -0.05) is 18.2 Å². The number of hydrazine groups is 1. The number of rotatable bonds is 5. The molecule has 0 aliphatic carbocycles. The summed E-state index contributed by atoms with van der Waals surface area (Å²) < 4.78 is 4.94. The highest BCUT2D eigenvalue weighted by molar-refractivity contribution is 7.80. The maximum Gasteiger partial charge on any atom is 0.338 e. The second kappa shape index (κ2) is 8.14. The number of hydrogen-bond acceptors (Lipinski definition) is 4. The molecule has 0 fully saturated rings. The third kappa shape index (κ3) is 4.96. The first-order chi connectivity index (χ1) is 11.1. The number of thiocarbonyl (C=S) groups is 1. The average molecular weight is 329 g/mol. The summed E-state index contributed by atoms with van der Waals surface area (Å²) in [5, 5.41) is 3.56. The Balaban J connectivity index is 1.87. The van der Waals surface area contributed by atoms with Crippen LogP contribution in [0.5, 0.6) is 0 Å². The molecule has 0 heterocycles. The molecule has 2 aromatic rings. The number of ether oxygens (including phenoxy) is 1. The molecule has 0 aromatic heterocycles. The summed E-state index contributed by atoms with van der Waals surface area (Å²) in [5.74, 6) is -0.330. The lowest BCUT2D eigenvalue weighted by Crippen LogP contribution is -2.33. The Kier molecular flexibility index (Phi) is 5.94. The van der Waals surface area contributed by atoms with Gasteiger partial charge in [0.05, 0.1) is 17.9 Å². The highest BCUT2D eigenvalue weighted by Gasteiger charge is 2.05. The number of para-hydroxylation sites is 1. The monoisotopic (exact) mass is 329 g/mol. The quantitative estimate of drug-likeness (QED) is 0.443. The van der Waals surface area contributed by atoms with Gasteiger partial charge < -0.3 is 10.1 Å². The van der Waals surface area contributed by atoms with E-state index < -0.39 is 0 Å². The van der Waals surface area contributed by atoms with Crippen LogP contribution in [0.3, 0.4) is 0 Å². The van der Waals surface area contributed by atoms with Crippen molar-refractivity contribution in [2.24, 2.45) is 0 Å². The molecule has 0 aliphatic heterocycles. The minimum atomic E-state index is -0.330. The van der Waals surface area contributed by atoms with Crippen LogP contribution in [0.2, 0.25) is 0 Å². The largest absolute Gasteiger partial charge is 0.462 e. The molecule has 0 aliphatic rings. The molecule has 23 heavy (non-hydrogen) atoms. The zero-order valence-electron chi connectivity index (χ0n) is 13.1. The van der Waals surface area contributed by atoms with Crippen LogP contribution >= 0.6 is 12.2 Å². The van der Waals surface area contributed by atoms with Crippen LogP contribution in [-0.4, -0.2) is 17.7 Å². The lowest BCUT2D eigenvalue weighted by molar-refractivity contribution is 0.0526. The van der Waals surface area contributed by atoms with Crippen LogP contribution < -0.4 is 16.2 Å². The molecule has 2 aromatic carbocycles. The van der Waals surface area contributed by atoms with Crippen LogP contribution in [-0.2, 0) is 4.74 Å². The summed E-state index contributed by atoms with van der Waals surface area (Å²) in [5.41, 5.74) is 9.23. The molecule has 120 valence electrons. The fraction of sp³-hybridized carbons (Fsp3) is 0.176. The first-order valence-corrected chi connectivity index (χ1v) is 7.67. The van der Waals surface area contributed by atoms with Gasteiger partial charge in [0.15, 0.2) is 5.11 Å². The smallest absolute Gasteiger partial charge is 0.338 e. The summed E-state index contributed by atoms with van der Waals surface area (Å²) in [4.78, 5) is 11.6. The van der Waals surface area contributed by atoms with Gasteiger partial charge in [-0.2, -0.15) is 0 Å². The second-order valence-electron chi connectivity index (χ2n) is 4.82. The predicted molar refractivity (Wildman–Crippen MR) is 96.6 cm³/mol. The zero-order valence-corrected chi connectivity index (χ0v) is 13.9. The Morgan fingerprint density at radius 1 is 1.13 bits per heavy atom. The van der Waals surface area contributed by atoms with Gasteiger partial charge >= 0.3 is 5.97 Å². The van der Waals surface area contributed by atoms with E-state index in [0.29, 0.717) is 17.3 Å². The molecule has 0 radical (unpaired) electrons. The Labute approximate surface area is 141 Å². The van der Waals surface area contributed by atoms with Crippen molar-refractivity contribution < 1.29 is 9.53 Å². The molecule has 3 N–H and O–H groups in total. The standard InChI is InChI=1S/C17H19N3O2S/c1-3-22-16(21)13-8-10-14(11-9-13)19-20-17(23)18-15-7-5-4-6-12(15)2/h4-11,19H,3H2,1-2H3,(H2,18,20,23). The van der Waals surface area contributed by atoms with E-state index in [1.165, 1.54) is 0 Å². The van der Waals surface area contributed by atoms with Gasteiger partial charge in [-0.3, -0.25) is 10.9 Å². The van der Waals surface area contributed by atoms with E-state index in [-0.39, 0.29) is 5.97 Å². The first kappa shape index (κ1) is 16.8. The second-order valence-corrected chi connectivity index (χ2v) is 5.23. The zero-order chi connectivity index (χ0) is 16.7. The summed E-state index contributed by atoms with van der Waals surface area (Å²) in [6.07, 6.45) is 0. The first-order valence-electron chi connectivity index (χ1n) is 7.26. The third-order valence-corrected chi connectivity index (χ3v) is 3.31. The van der Waals surface area contributed by atoms with Crippen molar-refractivity contribution in [2.45, 2.75) is 13.8 Å². The van der Waals surface area contributed by atoms with E-state index in [0.717, 1.165) is 16.9 Å². The lowest BCUT2D eigenvalue weighted by Gasteiger charge is -2.14. The molecular weight excluding hydrogens is 310 g/mol. The van der Waals surface area contributed by atoms with Gasteiger partial charge in [-0.05, 0) is 62.0 Å². The van der Waals surface area contributed by atoms with Gasteiger partial charge in [0, 0.05) is 5.69 Å². The fourth-order valence-electron chi connectivity index (χ4n) is 1.90. The van der Waals surface area contributed by atoms with Crippen molar-refractivity contribution in [2.75, 3.05) is 17.3 Å². The normalized spacial score (nSPS) is 9.83. The summed E-state index contributed by atoms with van der Waals surface area (Å²) >= 11 is 5.24. The Morgan fingerprint density at radius 3 is 2.48 bits per heavy atom. The highest BCUT2D eigenvalue weighted by Crippen LogP contribution is 2.13. The SMILES string of the molecule is CCOC(=O)c1ccc(NNC(=S)Nc2ccccc2C)cc1. The molecule has 0 spiro atoms. The Hall–Kier alpha value is -2.60. The summed E-state index contributed by atoms with van der Waals surface area (Å²) in [7, 11) is 0. The van der Waals surface area contributed by atoms with Crippen molar-refractivity contribution in [3.63, 3.8) is 0 Å². The molecule has 5 nitrogen and oxygen atoms in total. The van der Waals surface area contributed by atoms with E-state index in [9.17, 15) is 4.79 Å². The van der Waals surface area contributed by atoms with Crippen LogP contribution in [0.15, 0.2) is 48.5 Å². The Bertz CT molecular complexity index is 686. The maximum absolute atomic E-state index is 11.6.